The van der Waals surface area contributed by atoms with E-state index >= 15 is 0 Å². The average molecular weight is 533 g/mol. The molecule has 0 amide bonds. The molecule has 37 heavy (non-hydrogen) atoms. The Hall–Kier alpha value is -3.75. The van der Waals surface area contributed by atoms with E-state index in [1.165, 1.54) is 11.8 Å². The second kappa shape index (κ2) is 11.1. The van der Waals surface area contributed by atoms with Crippen LogP contribution in [0.5, 0.6) is 5.75 Å². The van der Waals surface area contributed by atoms with Crippen molar-refractivity contribution in [2.24, 2.45) is 0 Å². The first kappa shape index (κ1) is 24.9. The van der Waals surface area contributed by atoms with Gasteiger partial charge in [0, 0.05) is 16.5 Å². The van der Waals surface area contributed by atoms with E-state index in [0.29, 0.717) is 38.9 Å². The zero-order chi connectivity index (χ0) is 25.8. The summed E-state index contributed by atoms with van der Waals surface area (Å²) in [6, 6.07) is 24.4. The van der Waals surface area contributed by atoms with Crippen molar-refractivity contribution in [1.82, 2.24) is 14.8 Å². The molecule has 0 spiro atoms. The highest BCUT2D eigenvalue weighted by atomic mass is 35.5. The fourth-order valence-electron chi connectivity index (χ4n) is 4.14. The first-order chi connectivity index (χ1) is 18.0. The summed E-state index contributed by atoms with van der Waals surface area (Å²) in [7, 11) is 1.61. The predicted molar refractivity (Wildman–Crippen MR) is 145 cm³/mol. The number of fused-ring (bicyclic) bond motifs is 1. The molecule has 7 nitrogen and oxygen atoms in total. The normalized spacial score (nSPS) is 14.6. The summed E-state index contributed by atoms with van der Waals surface area (Å²) in [4.78, 5) is 18.1. The molecule has 1 atom stereocenters. The predicted octanol–water partition coefficient (Wildman–Crippen LogP) is 6.26. The van der Waals surface area contributed by atoms with Crippen molar-refractivity contribution in [3.8, 4) is 5.75 Å². The number of hydrogen-bond acceptors (Lipinski definition) is 7. The Labute approximate surface area is 224 Å². The Balaban J connectivity index is 1.47. The first-order valence-electron chi connectivity index (χ1n) is 11.7. The van der Waals surface area contributed by atoms with Gasteiger partial charge in [0.25, 0.3) is 0 Å². The highest BCUT2D eigenvalue weighted by molar-refractivity contribution is 7.98. The molecule has 0 aliphatic carbocycles. The zero-order valence-corrected chi connectivity index (χ0v) is 21.9. The number of aromatic nitrogens is 3. The Morgan fingerprint density at radius 3 is 2.65 bits per heavy atom. The fourth-order valence-corrected chi connectivity index (χ4v) is 5.25. The summed E-state index contributed by atoms with van der Waals surface area (Å²) in [6.07, 6.45) is 0. The van der Waals surface area contributed by atoms with Crippen molar-refractivity contribution < 1.29 is 14.3 Å². The number of esters is 1. The van der Waals surface area contributed by atoms with Gasteiger partial charge in [-0.2, -0.15) is 4.98 Å². The highest BCUT2D eigenvalue weighted by Crippen LogP contribution is 2.38. The number of hydrogen-bond donors (Lipinski definition) is 1. The fraction of sp³-hybridized carbons (Fsp3) is 0.179. The topological polar surface area (TPSA) is 78.3 Å². The van der Waals surface area contributed by atoms with E-state index in [2.05, 4.69) is 5.32 Å². The summed E-state index contributed by atoms with van der Waals surface area (Å²) >= 11 is 7.81. The molecule has 1 N–H and O–H groups in total. The van der Waals surface area contributed by atoms with Gasteiger partial charge in [-0.3, -0.25) is 0 Å². The lowest BCUT2D eigenvalue weighted by molar-refractivity contribution is -0.140. The van der Waals surface area contributed by atoms with Crippen molar-refractivity contribution in [3.05, 3.63) is 112 Å². The smallest absolute Gasteiger partial charge is 0.338 e. The van der Waals surface area contributed by atoms with E-state index in [9.17, 15) is 4.79 Å². The Morgan fingerprint density at radius 1 is 1.08 bits per heavy atom. The molecule has 1 aliphatic rings. The first-order valence-corrected chi connectivity index (χ1v) is 13.1. The maximum absolute atomic E-state index is 13.5. The summed E-state index contributed by atoms with van der Waals surface area (Å²) < 4.78 is 12.9. The number of methoxy groups -OCH3 is 1. The Morgan fingerprint density at radius 2 is 1.86 bits per heavy atom. The third kappa shape index (κ3) is 5.50. The molecule has 1 aliphatic heterocycles. The zero-order valence-electron chi connectivity index (χ0n) is 20.3. The highest BCUT2D eigenvalue weighted by Gasteiger charge is 2.35. The molecule has 0 saturated heterocycles. The molecule has 4 aromatic rings. The molecule has 3 aromatic carbocycles. The van der Waals surface area contributed by atoms with Crippen LogP contribution in [0.3, 0.4) is 0 Å². The number of allylic oxidation sites excluding steroid dienone is 1. The SMILES string of the molecule is COc1cccc(C2C(C(=O)OCc3ccccc3)=C(C)Nc3nc(SCc4ccccc4Cl)nn32)c1. The summed E-state index contributed by atoms with van der Waals surface area (Å²) in [5.41, 5.74) is 3.87. The van der Waals surface area contributed by atoms with Gasteiger partial charge in [0.2, 0.25) is 11.1 Å². The van der Waals surface area contributed by atoms with Crippen molar-refractivity contribution in [1.29, 1.82) is 0 Å². The van der Waals surface area contributed by atoms with E-state index in [-0.39, 0.29) is 6.61 Å². The molecule has 2 heterocycles. The minimum Gasteiger partial charge on any atom is -0.497 e. The van der Waals surface area contributed by atoms with Gasteiger partial charge in [-0.1, -0.05) is 84.0 Å². The van der Waals surface area contributed by atoms with Crippen molar-refractivity contribution >= 4 is 35.3 Å². The van der Waals surface area contributed by atoms with Gasteiger partial charge < -0.3 is 14.8 Å². The number of carbonyl (C=O) groups is 1. The molecule has 0 fully saturated rings. The van der Waals surface area contributed by atoms with Crippen molar-refractivity contribution in [3.63, 3.8) is 0 Å². The van der Waals surface area contributed by atoms with Gasteiger partial charge in [0.1, 0.15) is 18.4 Å². The number of thioether (sulfide) groups is 1. The number of nitrogens with zero attached hydrogens (tertiary/aromatic N) is 3. The van der Waals surface area contributed by atoms with E-state index < -0.39 is 12.0 Å². The lowest BCUT2D eigenvalue weighted by Crippen LogP contribution is -2.29. The van der Waals surface area contributed by atoms with Crippen LogP contribution in [0.2, 0.25) is 5.02 Å². The van der Waals surface area contributed by atoms with Gasteiger partial charge >= 0.3 is 5.97 Å². The molecule has 1 unspecified atom stereocenters. The number of rotatable bonds is 8. The van der Waals surface area contributed by atoms with Gasteiger partial charge in [0.15, 0.2) is 0 Å². The van der Waals surface area contributed by atoms with Crippen LogP contribution in [-0.2, 0) is 21.9 Å². The largest absolute Gasteiger partial charge is 0.497 e. The minimum atomic E-state index is -0.545. The van der Waals surface area contributed by atoms with E-state index in [0.717, 1.165) is 16.7 Å². The molecular formula is C28H25ClN4O3S. The molecule has 0 bridgehead atoms. The third-order valence-corrected chi connectivity index (χ3v) is 7.25. The third-order valence-electron chi connectivity index (χ3n) is 5.99. The molecule has 9 heteroatoms. The van der Waals surface area contributed by atoms with E-state index in [1.807, 2.05) is 85.8 Å². The molecule has 0 saturated carbocycles. The van der Waals surface area contributed by atoms with Gasteiger partial charge in [-0.15, -0.1) is 5.10 Å². The summed E-state index contributed by atoms with van der Waals surface area (Å²) in [6.45, 7) is 2.02. The maximum Gasteiger partial charge on any atom is 0.338 e. The Kier molecular flexibility index (Phi) is 7.48. The minimum absolute atomic E-state index is 0.171. The lowest BCUT2D eigenvalue weighted by atomic mass is 9.95. The molecule has 5 rings (SSSR count). The molecule has 188 valence electrons. The molecule has 1 aromatic heterocycles. The van der Waals surface area contributed by atoms with Crippen LogP contribution in [0.1, 0.15) is 29.7 Å². The summed E-state index contributed by atoms with van der Waals surface area (Å²) in [5.74, 6) is 1.42. The lowest BCUT2D eigenvalue weighted by Gasteiger charge is -2.28. The Bertz CT molecular complexity index is 1450. The van der Waals surface area contributed by atoms with Gasteiger partial charge in [-0.25, -0.2) is 9.48 Å². The van der Waals surface area contributed by atoms with Crippen LogP contribution < -0.4 is 10.1 Å². The average Bonchev–Trinajstić information content (AvgIpc) is 3.33. The quantitative estimate of drug-likeness (QED) is 0.212. The van der Waals surface area contributed by atoms with Crippen LogP contribution in [-0.4, -0.2) is 27.8 Å². The van der Waals surface area contributed by atoms with Crippen molar-refractivity contribution in [2.45, 2.75) is 30.5 Å². The van der Waals surface area contributed by atoms with Crippen LogP contribution >= 0.6 is 23.4 Å². The second-order valence-corrected chi connectivity index (χ2v) is 9.80. The number of nitrogens with one attached hydrogen (secondary N) is 1. The number of anilines is 1. The number of ether oxygens (including phenoxy) is 2. The van der Waals surface area contributed by atoms with E-state index in [1.54, 1.807) is 11.8 Å². The standard InChI is InChI=1S/C28H25ClN4O3S/c1-18-24(26(34)36-16-19-9-4-3-5-10-19)25(20-12-8-13-22(15-20)35-2)33-27(30-18)31-28(32-33)37-17-21-11-6-7-14-23(21)29/h3-15,25H,16-17H2,1-2H3,(H,30,31,32). The summed E-state index contributed by atoms with van der Waals surface area (Å²) in [5, 5.41) is 9.29. The second-order valence-electron chi connectivity index (χ2n) is 8.45. The number of carbonyl (C=O) groups excluding carboxylic acids is 1. The monoisotopic (exact) mass is 532 g/mol. The molecule has 0 radical (unpaired) electrons. The number of benzene rings is 3. The van der Waals surface area contributed by atoms with Crippen molar-refractivity contribution in [2.75, 3.05) is 12.4 Å². The van der Waals surface area contributed by atoms with Crippen LogP contribution in [0.25, 0.3) is 0 Å². The van der Waals surface area contributed by atoms with Gasteiger partial charge in [-0.05, 0) is 41.8 Å². The van der Waals surface area contributed by atoms with E-state index in [4.69, 9.17) is 31.2 Å². The van der Waals surface area contributed by atoms with Crippen LogP contribution in [0.15, 0.2) is 95.3 Å². The maximum atomic E-state index is 13.5. The molecular weight excluding hydrogens is 508 g/mol. The van der Waals surface area contributed by atoms with Gasteiger partial charge in [0.05, 0.1) is 12.7 Å². The van der Waals surface area contributed by atoms with Crippen LogP contribution in [0.4, 0.5) is 5.95 Å². The van der Waals surface area contributed by atoms with Crippen LogP contribution in [0, 0.1) is 0 Å². The number of halogens is 1.